The average Bonchev–Trinajstić information content (AvgIpc) is 1.95. The van der Waals surface area contributed by atoms with Gasteiger partial charge in [0.05, 0.1) is 0 Å². The lowest BCUT2D eigenvalue weighted by Gasteiger charge is -2.21. The van der Waals surface area contributed by atoms with Gasteiger partial charge < -0.3 is 5.11 Å². The van der Waals surface area contributed by atoms with Gasteiger partial charge >= 0.3 is 0 Å². The van der Waals surface area contributed by atoms with Crippen molar-refractivity contribution >= 4 is 15.9 Å². The Hall–Kier alpha value is 0.360. The van der Waals surface area contributed by atoms with Crippen molar-refractivity contribution in [1.82, 2.24) is 0 Å². The average molecular weight is 211 g/mol. The second-order valence-electron chi connectivity index (χ2n) is 3.19. The van der Waals surface area contributed by atoms with E-state index in [4.69, 9.17) is 4.89 Å². The molecule has 60 valence electrons. The lowest BCUT2D eigenvalue weighted by Crippen LogP contribution is -2.40. The normalized spacial score (nSPS) is 45.9. The van der Waals surface area contributed by atoms with Gasteiger partial charge in [-0.15, -0.1) is 0 Å². The summed E-state index contributed by atoms with van der Waals surface area (Å²) in [5, 5.41) is 9.40. The van der Waals surface area contributed by atoms with E-state index < -0.39 is 11.4 Å². The molecule has 0 bridgehead atoms. The third-order valence-electron chi connectivity index (χ3n) is 1.51. The number of alkyl halides is 1. The standard InChI is InChI=1S/C6H11BrO3/c1-5(2)4(7)6(3,8)10-9-5/h4,8H,1-3H3. The minimum Gasteiger partial charge on any atom is -0.363 e. The van der Waals surface area contributed by atoms with Crippen LogP contribution in [0.2, 0.25) is 0 Å². The third kappa shape index (κ3) is 1.21. The van der Waals surface area contributed by atoms with Crippen LogP contribution >= 0.6 is 15.9 Å². The van der Waals surface area contributed by atoms with Crippen molar-refractivity contribution in [1.29, 1.82) is 0 Å². The summed E-state index contributed by atoms with van der Waals surface area (Å²) in [6.07, 6.45) is 0. The molecule has 1 fully saturated rings. The Bertz CT molecular complexity index is 128. The molecule has 1 saturated heterocycles. The van der Waals surface area contributed by atoms with Gasteiger partial charge in [-0.1, -0.05) is 15.9 Å². The summed E-state index contributed by atoms with van der Waals surface area (Å²) in [7, 11) is 0. The van der Waals surface area contributed by atoms with E-state index in [9.17, 15) is 5.11 Å². The predicted molar refractivity (Wildman–Crippen MR) is 39.6 cm³/mol. The van der Waals surface area contributed by atoms with Crippen LogP contribution in [0.3, 0.4) is 0 Å². The highest BCUT2D eigenvalue weighted by molar-refractivity contribution is 9.09. The van der Waals surface area contributed by atoms with Crippen molar-refractivity contribution in [3.05, 3.63) is 0 Å². The van der Waals surface area contributed by atoms with Gasteiger partial charge in [-0.05, 0) is 20.8 Å². The molecule has 10 heavy (non-hydrogen) atoms. The third-order valence-corrected chi connectivity index (χ3v) is 3.46. The van der Waals surface area contributed by atoms with Gasteiger partial charge in [0.25, 0.3) is 0 Å². The highest BCUT2D eigenvalue weighted by atomic mass is 79.9. The van der Waals surface area contributed by atoms with Crippen LogP contribution in [-0.2, 0) is 9.78 Å². The smallest absolute Gasteiger partial charge is 0.211 e. The maximum atomic E-state index is 9.40. The fourth-order valence-electron chi connectivity index (χ4n) is 0.921. The first kappa shape index (κ1) is 8.46. The van der Waals surface area contributed by atoms with Gasteiger partial charge in [0, 0.05) is 0 Å². The minimum absolute atomic E-state index is 0.201. The molecule has 0 spiro atoms. The fraction of sp³-hybridized carbons (Fsp3) is 1.00. The summed E-state index contributed by atoms with van der Waals surface area (Å²) in [5.74, 6) is -1.22. The molecule has 0 amide bonds. The number of hydrogen-bond acceptors (Lipinski definition) is 3. The summed E-state index contributed by atoms with van der Waals surface area (Å²) in [5.41, 5.74) is -0.469. The Kier molecular flexibility index (Phi) is 1.84. The highest BCUT2D eigenvalue weighted by Crippen LogP contribution is 2.39. The molecule has 0 radical (unpaired) electrons. The van der Waals surface area contributed by atoms with E-state index in [-0.39, 0.29) is 4.83 Å². The fourth-order valence-corrected chi connectivity index (χ4v) is 1.07. The molecule has 2 unspecified atom stereocenters. The maximum Gasteiger partial charge on any atom is 0.211 e. The van der Waals surface area contributed by atoms with Gasteiger partial charge in [-0.2, -0.15) is 4.89 Å². The van der Waals surface area contributed by atoms with E-state index in [0.29, 0.717) is 0 Å². The van der Waals surface area contributed by atoms with E-state index in [1.807, 2.05) is 13.8 Å². The zero-order valence-electron chi connectivity index (χ0n) is 6.22. The van der Waals surface area contributed by atoms with E-state index in [2.05, 4.69) is 20.8 Å². The molecular formula is C6H11BrO3. The highest BCUT2D eigenvalue weighted by Gasteiger charge is 2.51. The zero-order chi connectivity index (χ0) is 7.99. The first-order chi connectivity index (χ1) is 4.36. The molecule has 1 N–H and O–H groups in total. The van der Waals surface area contributed by atoms with Crippen LogP contribution in [-0.4, -0.2) is 21.3 Å². The zero-order valence-corrected chi connectivity index (χ0v) is 7.81. The van der Waals surface area contributed by atoms with Crippen LogP contribution in [0.15, 0.2) is 0 Å². The number of aliphatic hydroxyl groups is 1. The SMILES string of the molecule is CC1(C)OOC(C)(O)C1Br. The van der Waals surface area contributed by atoms with E-state index in [0.717, 1.165) is 0 Å². The summed E-state index contributed by atoms with van der Waals surface area (Å²) in [6.45, 7) is 5.24. The molecular weight excluding hydrogens is 200 g/mol. The minimum atomic E-state index is -1.22. The molecule has 2 atom stereocenters. The Labute approximate surface area is 68.4 Å². The quantitative estimate of drug-likeness (QED) is 0.483. The van der Waals surface area contributed by atoms with Gasteiger partial charge in [0.15, 0.2) is 0 Å². The van der Waals surface area contributed by atoms with Crippen LogP contribution in [0, 0.1) is 0 Å². The molecule has 0 aromatic heterocycles. The maximum absolute atomic E-state index is 9.40. The van der Waals surface area contributed by atoms with E-state index >= 15 is 0 Å². The number of rotatable bonds is 0. The van der Waals surface area contributed by atoms with Crippen molar-refractivity contribution in [3.8, 4) is 0 Å². The van der Waals surface area contributed by atoms with Crippen LogP contribution in [0.5, 0.6) is 0 Å². The van der Waals surface area contributed by atoms with Crippen molar-refractivity contribution in [3.63, 3.8) is 0 Å². The van der Waals surface area contributed by atoms with Crippen LogP contribution in [0.25, 0.3) is 0 Å². The van der Waals surface area contributed by atoms with Crippen LogP contribution in [0.1, 0.15) is 20.8 Å². The molecule has 0 saturated carbocycles. The van der Waals surface area contributed by atoms with E-state index in [1.54, 1.807) is 6.92 Å². The second-order valence-corrected chi connectivity index (χ2v) is 4.10. The molecule has 3 nitrogen and oxygen atoms in total. The first-order valence-corrected chi connectivity index (χ1v) is 4.01. The molecule has 0 aliphatic carbocycles. The van der Waals surface area contributed by atoms with Crippen molar-refractivity contribution in [2.45, 2.75) is 37.0 Å². The van der Waals surface area contributed by atoms with Crippen molar-refractivity contribution in [2.75, 3.05) is 0 Å². The summed E-state index contributed by atoms with van der Waals surface area (Å²) >= 11 is 3.28. The molecule has 0 aromatic carbocycles. The monoisotopic (exact) mass is 210 g/mol. The van der Waals surface area contributed by atoms with Crippen molar-refractivity contribution < 1.29 is 14.9 Å². The van der Waals surface area contributed by atoms with Gasteiger partial charge in [0.2, 0.25) is 5.79 Å². The Morgan fingerprint density at radius 2 is 1.80 bits per heavy atom. The Morgan fingerprint density at radius 3 is 1.90 bits per heavy atom. The summed E-state index contributed by atoms with van der Waals surface area (Å²) in [6, 6.07) is 0. The molecule has 1 heterocycles. The molecule has 1 rings (SSSR count). The van der Waals surface area contributed by atoms with Gasteiger partial charge in [-0.3, -0.25) is 0 Å². The lowest BCUT2D eigenvalue weighted by molar-refractivity contribution is -0.384. The Balaban J connectivity index is 2.77. The largest absolute Gasteiger partial charge is 0.363 e. The topological polar surface area (TPSA) is 38.7 Å². The van der Waals surface area contributed by atoms with E-state index in [1.165, 1.54) is 0 Å². The molecule has 0 aromatic rings. The number of halogens is 1. The van der Waals surface area contributed by atoms with Gasteiger partial charge in [0.1, 0.15) is 10.4 Å². The molecule has 1 aliphatic rings. The lowest BCUT2D eigenvalue weighted by atomic mass is 10.0. The van der Waals surface area contributed by atoms with Gasteiger partial charge in [-0.25, -0.2) is 4.89 Å². The summed E-state index contributed by atoms with van der Waals surface area (Å²) < 4.78 is 0. The summed E-state index contributed by atoms with van der Waals surface area (Å²) in [4.78, 5) is 9.35. The van der Waals surface area contributed by atoms with Crippen LogP contribution in [0.4, 0.5) is 0 Å². The predicted octanol–water partition coefficient (Wildman–Crippen LogP) is 1.20. The molecule has 4 heteroatoms. The first-order valence-electron chi connectivity index (χ1n) is 3.09. The Morgan fingerprint density at radius 1 is 1.30 bits per heavy atom. The van der Waals surface area contributed by atoms with Crippen LogP contribution < -0.4 is 0 Å². The van der Waals surface area contributed by atoms with Crippen molar-refractivity contribution in [2.24, 2.45) is 0 Å². The second kappa shape index (κ2) is 2.17. The molecule has 1 aliphatic heterocycles. The number of hydrogen-bond donors (Lipinski definition) is 1.